The Morgan fingerprint density at radius 3 is 2.43 bits per heavy atom. The predicted molar refractivity (Wildman–Crippen MR) is 120 cm³/mol. The number of methoxy groups -OCH3 is 1. The summed E-state index contributed by atoms with van der Waals surface area (Å²) in [7, 11) is 1.59. The van der Waals surface area contributed by atoms with Crippen LogP contribution in [0.5, 0.6) is 5.75 Å². The topological polar surface area (TPSA) is 55.6 Å². The molecule has 0 aliphatic rings. The van der Waals surface area contributed by atoms with Gasteiger partial charge in [0.05, 0.1) is 13.3 Å². The van der Waals surface area contributed by atoms with Crippen LogP contribution >= 0.6 is 0 Å². The molecular weight excluding hydrogens is 374 g/mol. The lowest BCUT2D eigenvalue weighted by atomic mass is 10.1. The first-order valence-electron chi connectivity index (χ1n) is 9.76. The van der Waals surface area contributed by atoms with E-state index in [4.69, 9.17) is 4.74 Å². The van der Waals surface area contributed by atoms with E-state index in [2.05, 4.69) is 46.3 Å². The lowest BCUT2D eigenvalue weighted by Crippen LogP contribution is -2.17. The molecule has 30 heavy (non-hydrogen) atoms. The molecule has 0 saturated carbocycles. The monoisotopic (exact) mass is 397 g/mol. The molecule has 5 nitrogen and oxygen atoms in total. The van der Waals surface area contributed by atoms with E-state index < -0.39 is 0 Å². The summed E-state index contributed by atoms with van der Waals surface area (Å²) in [5, 5.41) is 5.33. The van der Waals surface area contributed by atoms with Crippen molar-refractivity contribution in [1.82, 2.24) is 9.99 Å². The van der Waals surface area contributed by atoms with Crippen LogP contribution in [0.25, 0.3) is 10.9 Å². The molecule has 150 valence electrons. The Morgan fingerprint density at radius 2 is 1.70 bits per heavy atom. The number of hydrazone groups is 1. The lowest BCUT2D eigenvalue weighted by molar-refractivity contribution is 0.0955. The second-order valence-corrected chi connectivity index (χ2v) is 7.02. The largest absolute Gasteiger partial charge is 0.497 e. The van der Waals surface area contributed by atoms with Crippen molar-refractivity contribution in [1.29, 1.82) is 0 Å². The summed E-state index contributed by atoms with van der Waals surface area (Å²) in [5.74, 6) is 0.441. The average molecular weight is 397 g/mol. The highest BCUT2D eigenvalue weighted by atomic mass is 16.5. The van der Waals surface area contributed by atoms with E-state index in [0.29, 0.717) is 11.3 Å². The average Bonchev–Trinajstić information content (AvgIpc) is 3.06. The number of nitrogens with zero attached hydrogens (tertiary/aromatic N) is 2. The van der Waals surface area contributed by atoms with Crippen molar-refractivity contribution in [3.05, 3.63) is 101 Å². The van der Waals surface area contributed by atoms with Crippen LogP contribution in [-0.4, -0.2) is 23.8 Å². The fourth-order valence-electron chi connectivity index (χ4n) is 3.55. The Hall–Kier alpha value is -3.86. The lowest BCUT2D eigenvalue weighted by Gasteiger charge is -2.08. The highest BCUT2D eigenvalue weighted by Crippen LogP contribution is 2.25. The number of amides is 1. The van der Waals surface area contributed by atoms with Gasteiger partial charge >= 0.3 is 0 Å². The molecule has 0 fully saturated rings. The zero-order valence-corrected chi connectivity index (χ0v) is 17.0. The van der Waals surface area contributed by atoms with E-state index in [9.17, 15) is 4.79 Å². The van der Waals surface area contributed by atoms with Crippen LogP contribution in [0.15, 0.2) is 84.0 Å². The summed E-state index contributed by atoms with van der Waals surface area (Å²) in [6.07, 6.45) is 1.72. The molecule has 3 aromatic carbocycles. The number of benzene rings is 3. The number of nitrogens with one attached hydrogen (secondary N) is 1. The number of hydrogen-bond acceptors (Lipinski definition) is 3. The molecule has 0 spiro atoms. The third-order valence-electron chi connectivity index (χ3n) is 5.18. The molecule has 0 bridgehead atoms. The molecule has 0 aliphatic carbocycles. The fourth-order valence-corrected chi connectivity index (χ4v) is 3.55. The number of carbonyl (C=O) groups is 1. The molecule has 1 amide bonds. The number of rotatable bonds is 6. The van der Waals surface area contributed by atoms with Gasteiger partial charge in [-0.3, -0.25) is 4.79 Å². The van der Waals surface area contributed by atoms with Gasteiger partial charge < -0.3 is 9.30 Å². The third kappa shape index (κ3) is 3.96. The Kier molecular flexibility index (Phi) is 5.61. The normalized spacial score (nSPS) is 11.1. The van der Waals surface area contributed by atoms with E-state index in [1.807, 2.05) is 30.3 Å². The molecule has 1 heterocycles. The van der Waals surface area contributed by atoms with E-state index in [1.54, 1.807) is 37.6 Å². The SMILES string of the molecule is COc1ccc(C(=O)NN=Cc2c(C)n(Cc3ccccc3)c3ccccc23)cc1. The summed E-state index contributed by atoms with van der Waals surface area (Å²) >= 11 is 0. The van der Waals surface area contributed by atoms with Gasteiger partial charge in [-0.25, -0.2) is 5.43 Å². The van der Waals surface area contributed by atoms with Crippen molar-refractivity contribution in [2.75, 3.05) is 7.11 Å². The Balaban J connectivity index is 1.59. The predicted octanol–water partition coefficient (Wildman–Crippen LogP) is 4.77. The highest BCUT2D eigenvalue weighted by Gasteiger charge is 2.13. The van der Waals surface area contributed by atoms with E-state index in [-0.39, 0.29) is 5.91 Å². The van der Waals surface area contributed by atoms with Crippen molar-refractivity contribution >= 4 is 23.0 Å². The Labute approximate surface area is 175 Å². The third-order valence-corrected chi connectivity index (χ3v) is 5.18. The molecule has 5 heteroatoms. The summed E-state index contributed by atoms with van der Waals surface area (Å²) in [6.45, 7) is 2.86. The van der Waals surface area contributed by atoms with Gasteiger partial charge in [0.2, 0.25) is 0 Å². The molecule has 1 N–H and O–H groups in total. The molecule has 4 aromatic rings. The minimum Gasteiger partial charge on any atom is -0.497 e. The molecule has 1 aromatic heterocycles. The van der Waals surface area contributed by atoms with Gasteiger partial charge in [-0.15, -0.1) is 0 Å². The summed E-state index contributed by atoms with van der Waals surface area (Å²) in [5.41, 5.74) is 7.61. The van der Waals surface area contributed by atoms with Crippen LogP contribution in [-0.2, 0) is 6.54 Å². The van der Waals surface area contributed by atoms with Gasteiger partial charge in [0, 0.05) is 34.3 Å². The Bertz CT molecular complexity index is 1190. The van der Waals surface area contributed by atoms with Crippen LogP contribution < -0.4 is 10.2 Å². The molecule has 0 atom stereocenters. The van der Waals surface area contributed by atoms with Crippen molar-refractivity contribution in [2.45, 2.75) is 13.5 Å². The number of para-hydroxylation sites is 1. The number of hydrogen-bond donors (Lipinski definition) is 1. The van der Waals surface area contributed by atoms with Gasteiger partial charge in [0.1, 0.15) is 5.75 Å². The van der Waals surface area contributed by atoms with Gasteiger partial charge in [-0.2, -0.15) is 5.10 Å². The van der Waals surface area contributed by atoms with Crippen LogP contribution in [0.2, 0.25) is 0 Å². The zero-order chi connectivity index (χ0) is 20.9. The highest BCUT2D eigenvalue weighted by molar-refractivity contribution is 6.02. The maximum Gasteiger partial charge on any atom is 0.271 e. The van der Waals surface area contributed by atoms with E-state index in [1.165, 1.54) is 5.56 Å². The smallest absolute Gasteiger partial charge is 0.271 e. The quantitative estimate of drug-likeness (QED) is 0.376. The first-order chi connectivity index (χ1) is 14.7. The fraction of sp³-hybridized carbons (Fsp3) is 0.120. The van der Waals surface area contributed by atoms with Crippen LogP contribution in [0.1, 0.15) is 27.2 Å². The molecule has 0 unspecified atom stereocenters. The van der Waals surface area contributed by atoms with Gasteiger partial charge in [-0.05, 0) is 42.8 Å². The molecule has 0 saturated heterocycles. The maximum atomic E-state index is 12.4. The number of carbonyl (C=O) groups excluding carboxylic acids is 1. The standard InChI is InChI=1S/C25H23N3O2/c1-18-23(16-26-27-25(29)20-12-14-21(30-2)15-13-20)22-10-6-7-11-24(22)28(18)17-19-8-4-3-5-9-19/h3-16H,17H2,1-2H3,(H,27,29). The van der Waals surface area contributed by atoms with E-state index >= 15 is 0 Å². The minimum atomic E-state index is -0.264. The number of ether oxygens (including phenoxy) is 1. The van der Waals surface area contributed by atoms with Crippen molar-refractivity contribution < 1.29 is 9.53 Å². The molecule has 4 rings (SSSR count). The number of fused-ring (bicyclic) bond motifs is 1. The van der Waals surface area contributed by atoms with E-state index in [0.717, 1.165) is 28.7 Å². The Morgan fingerprint density at radius 1 is 1.00 bits per heavy atom. The molecular formula is C25H23N3O2. The first-order valence-corrected chi connectivity index (χ1v) is 9.76. The molecule has 0 aliphatic heterocycles. The summed E-state index contributed by atoms with van der Waals surface area (Å²) < 4.78 is 7.40. The summed E-state index contributed by atoms with van der Waals surface area (Å²) in [4.78, 5) is 12.4. The van der Waals surface area contributed by atoms with Gasteiger partial charge in [0.25, 0.3) is 5.91 Å². The van der Waals surface area contributed by atoms with Crippen molar-refractivity contribution in [3.63, 3.8) is 0 Å². The summed E-state index contributed by atoms with van der Waals surface area (Å²) in [6, 6.07) is 25.5. The van der Waals surface area contributed by atoms with Crippen molar-refractivity contribution in [2.24, 2.45) is 5.10 Å². The maximum absolute atomic E-state index is 12.4. The van der Waals surface area contributed by atoms with Crippen LogP contribution in [0, 0.1) is 6.92 Å². The minimum absolute atomic E-state index is 0.264. The second kappa shape index (κ2) is 8.66. The second-order valence-electron chi connectivity index (χ2n) is 7.02. The van der Waals surface area contributed by atoms with Crippen LogP contribution in [0.3, 0.4) is 0 Å². The van der Waals surface area contributed by atoms with Crippen LogP contribution in [0.4, 0.5) is 0 Å². The zero-order valence-electron chi connectivity index (χ0n) is 17.0. The number of aromatic nitrogens is 1. The molecule has 0 radical (unpaired) electrons. The van der Waals surface area contributed by atoms with Gasteiger partial charge in [0.15, 0.2) is 0 Å². The van der Waals surface area contributed by atoms with Gasteiger partial charge in [-0.1, -0.05) is 48.5 Å². The first kappa shape index (κ1) is 19.5. The van der Waals surface area contributed by atoms with Crippen molar-refractivity contribution in [3.8, 4) is 5.75 Å².